The average Bonchev–Trinajstić information content (AvgIpc) is 2.36. The molecule has 0 bridgehead atoms. The van der Waals surface area contributed by atoms with Gasteiger partial charge in [0.05, 0.1) is 12.5 Å². The van der Waals surface area contributed by atoms with Crippen LogP contribution >= 0.6 is 0 Å². The van der Waals surface area contributed by atoms with Gasteiger partial charge in [0.15, 0.2) is 0 Å². The fraction of sp³-hybridized carbons (Fsp3) is 0.385. The molecule has 7 heteroatoms. The Balaban J connectivity index is 2.66. The van der Waals surface area contributed by atoms with Gasteiger partial charge in [-0.3, -0.25) is 4.79 Å². The molecule has 0 fully saturated rings. The molecular weight excluding hydrogens is 283 g/mol. The summed E-state index contributed by atoms with van der Waals surface area (Å²) in [4.78, 5) is 22.6. The Morgan fingerprint density at radius 1 is 1.30 bits per heavy atom. The molecule has 0 aliphatic heterocycles. The molecule has 20 heavy (non-hydrogen) atoms. The Hall–Kier alpha value is -1.76. The van der Waals surface area contributed by atoms with Crippen molar-refractivity contribution in [3.8, 4) is 0 Å². The number of carboxylic acid groups (broad SMARTS) is 1. The summed E-state index contributed by atoms with van der Waals surface area (Å²) in [5.41, 5.74) is 0.411. The van der Waals surface area contributed by atoms with E-state index in [1.807, 2.05) is 12.5 Å². The van der Waals surface area contributed by atoms with Crippen molar-refractivity contribution in [2.45, 2.75) is 12.5 Å². The van der Waals surface area contributed by atoms with Crippen molar-refractivity contribution in [3.63, 3.8) is 0 Å². The zero-order valence-corrected chi connectivity index (χ0v) is 12.1. The lowest BCUT2D eigenvalue weighted by Crippen LogP contribution is -2.49. The average molecular weight is 300 g/mol. The lowest BCUT2D eigenvalue weighted by Gasteiger charge is -2.19. The lowest BCUT2D eigenvalue weighted by molar-refractivity contribution is -0.251. The summed E-state index contributed by atoms with van der Waals surface area (Å²) < 4.78 is 12.8. The standard InChI is InChI=1S/C13H17FN2O3S/c1-20(2)8-7-11(16-13(18)19)12(17)15-10-5-3-9(14)4-6-10/h3-6,11,16H,7-8H2,1-2H3,(H-,15,17,18,19)/t11-/m0/s1. The first kappa shape index (κ1) is 16.3. The highest BCUT2D eigenvalue weighted by atomic mass is 32.2. The fourth-order valence-electron chi connectivity index (χ4n) is 1.53. The maximum atomic E-state index is 12.8. The molecule has 0 unspecified atom stereocenters. The van der Waals surface area contributed by atoms with E-state index >= 15 is 0 Å². The van der Waals surface area contributed by atoms with Crippen LogP contribution in [0, 0.1) is 5.82 Å². The molecule has 0 saturated heterocycles. The zero-order chi connectivity index (χ0) is 15.1. The molecule has 0 spiro atoms. The highest BCUT2D eigenvalue weighted by Crippen LogP contribution is 2.09. The van der Waals surface area contributed by atoms with Crippen LogP contribution in [-0.4, -0.2) is 36.3 Å². The number of hydrogen-bond donors (Lipinski definition) is 2. The van der Waals surface area contributed by atoms with Gasteiger partial charge in [0.2, 0.25) is 5.91 Å². The zero-order valence-electron chi connectivity index (χ0n) is 11.3. The third kappa shape index (κ3) is 5.92. The van der Waals surface area contributed by atoms with Gasteiger partial charge < -0.3 is 20.5 Å². The van der Waals surface area contributed by atoms with Gasteiger partial charge in [0, 0.05) is 12.1 Å². The summed E-state index contributed by atoms with van der Waals surface area (Å²) in [5.74, 6) is -0.165. The summed E-state index contributed by atoms with van der Waals surface area (Å²) in [7, 11) is 0.1000. The van der Waals surface area contributed by atoms with E-state index in [-0.39, 0.29) is 10.9 Å². The SMILES string of the molecule is C[S+](C)CC[C@H](NC(=O)[O-])C(=O)Nc1ccc(F)cc1. The van der Waals surface area contributed by atoms with Crippen molar-refractivity contribution in [3.05, 3.63) is 30.1 Å². The summed E-state index contributed by atoms with van der Waals surface area (Å²) in [6.07, 6.45) is 2.91. The first-order valence-corrected chi connectivity index (χ1v) is 8.17. The molecule has 1 aromatic rings. The Labute approximate surface area is 119 Å². The molecule has 5 nitrogen and oxygen atoms in total. The van der Waals surface area contributed by atoms with Gasteiger partial charge in [0.25, 0.3) is 0 Å². The van der Waals surface area contributed by atoms with Gasteiger partial charge in [-0.15, -0.1) is 0 Å². The van der Waals surface area contributed by atoms with Crippen LogP contribution in [0.5, 0.6) is 0 Å². The van der Waals surface area contributed by atoms with Crippen molar-refractivity contribution < 1.29 is 19.1 Å². The van der Waals surface area contributed by atoms with Crippen molar-refractivity contribution in [2.24, 2.45) is 0 Å². The van der Waals surface area contributed by atoms with Crippen LogP contribution < -0.4 is 15.7 Å². The first-order chi connectivity index (χ1) is 9.38. The van der Waals surface area contributed by atoms with Crippen molar-refractivity contribution in [1.29, 1.82) is 0 Å². The van der Waals surface area contributed by atoms with E-state index in [1.165, 1.54) is 24.3 Å². The number of carbonyl (C=O) groups excluding carboxylic acids is 2. The number of nitrogens with one attached hydrogen (secondary N) is 2. The second-order valence-corrected chi connectivity index (χ2v) is 6.84. The van der Waals surface area contributed by atoms with E-state index in [1.54, 1.807) is 0 Å². The molecule has 0 heterocycles. The number of benzene rings is 1. The van der Waals surface area contributed by atoms with E-state index < -0.39 is 23.9 Å². The van der Waals surface area contributed by atoms with Gasteiger partial charge in [-0.1, -0.05) is 0 Å². The first-order valence-electron chi connectivity index (χ1n) is 5.96. The monoisotopic (exact) mass is 300 g/mol. The molecular formula is C13H17FN2O3S. The van der Waals surface area contributed by atoms with Gasteiger partial charge >= 0.3 is 0 Å². The van der Waals surface area contributed by atoms with Crippen LogP contribution in [0.3, 0.4) is 0 Å². The largest absolute Gasteiger partial charge is 0.530 e. The highest BCUT2D eigenvalue weighted by molar-refractivity contribution is 7.95. The molecule has 110 valence electrons. The summed E-state index contributed by atoms with van der Waals surface area (Å²) in [5, 5.41) is 15.2. The van der Waals surface area contributed by atoms with Crippen molar-refractivity contribution in [2.75, 3.05) is 23.6 Å². The predicted molar refractivity (Wildman–Crippen MR) is 76.0 cm³/mol. The molecule has 0 aliphatic rings. The van der Waals surface area contributed by atoms with E-state index in [9.17, 15) is 19.1 Å². The van der Waals surface area contributed by atoms with E-state index in [0.717, 1.165) is 5.75 Å². The van der Waals surface area contributed by atoms with Crippen LogP contribution in [0.1, 0.15) is 6.42 Å². The van der Waals surface area contributed by atoms with Crippen LogP contribution in [-0.2, 0) is 15.7 Å². The van der Waals surface area contributed by atoms with Gasteiger partial charge in [-0.05, 0) is 35.2 Å². The van der Waals surface area contributed by atoms with E-state index in [2.05, 4.69) is 10.6 Å². The van der Waals surface area contributed by atoms with Gasteiger partial charge in [0.1, 0.15) is 23.7 Å². The fourth-order valence-corrected chi connectivity index (χ4v) is 2.23. The minimum Gasteiger partial charge on any atom is -0.530 e. The molecule has 1 atom stereocenters. The van der Waals surface area contributed by atoms with Gasteiger partial charge in [-0.2, -0.15) is 0 Å². The molecule has 0 saturated carbocycles. The Morgan fingerprint density at radius 2 is 1.90 bits per heavy atom. The molecule has 0 aromatic heterocycles. The lowest BCUT2D eigenvalue weighted by atomic mass is 10.2. The van der Waals surface area contributed by atoms with Crippen LogP contribution in [0.25, 0.3) is 0 Å². The molecule has 0 radical (unpaired) electrons. The number of amides is 2. The number of anilines is 1. The predicted octanol–water partition coefficient (Wildman–Crippen LogP) is 0.334. The van der Waals surface area contributed by atoms with Gasteiger partial charge in [-0.25, -0.2) is 4.39 Å². The molecule has 2 amide bonds. The smallest absolute Gasteiger partial charge is 0.247 e. The van der Waals surface area contributed by atoms with Crippen molar-refractivity contribution in [1.82, 2.24) is 5.32 Å². The maximum Gasteiger partial charge on any atom is 0.247 e. The Kier molecular flexibility index (Phi) is 6.30. The third-order valence-electron chi connectivity index (χ3n) is 2.54. The highest BCUT2D eigenvalue weighted by Gasteiger charge is 2.20. The third-order valence-corrected chi connectivity index (χ3v) is 3.59. The molecule has 2 N–H and O–H groups in total. The number of hydrogen-bond acceptors (Lipinski definition) is 3. The minimum absolute atomic E-state index is 0.1000. The Morgan fingerprint density at radius 3 is 2.40 bits per heavy atom. The second-order valence-electron chi connectivity index (χ2n) is 4.46. The quantitative estimate of drug-likeness (QED) is 0.743. The number of rotatable bonds is 6. The molecule has 1 aromatic carbocycles. The topological polar surface area (TPSA) is 81.3 Å². The maximum absolute atomic E-state index is 12.8. The van der Waals surface area contributed by atoms with Crippen LogP contribution in [0.4, 0.5) is 14.9 Å². The normalized spacial score (nSPS) is 12.0. The van der Waals surface area contributed by atoms with Crippen molar-refractivity contribution >= 4 is 28.6 Å². The molecule has 0 aliphatic carbocycles. The summed E-state index contributed by atoms with van der Waals surface area (Å²) in [6, 6.07) is 4.37. The minimum atomic E-state index is -1.49. The summed E-state index contributed by atoms with van der Waals surface area (Å²) in [6.45, 7) is 0. The number of carbonyl (C=O) groups is 2. The molecule has 1 rings (SSSR count). The number of halogens is 1. The summed E-state index contributed by atoms with van der Waals surface area (Å²) >= 11 is 0. The Bertz CT molecular complexity index is 465. The van der Waals surface area contributed by atoms with Crippen LogP contribution in [0.15, 0.2) is 24.3 Å². The second kappa shape index (κ2) is 7.74. The van der Waals surface area contributed by atoms with Crippen LogP contribution in [0.2, 0.25) is 0 Å². The van der Waals surface area contributed by atoms with E-state index in [0.29, 0.717) is 12.1 Å². The van der Waals surface area contributed by atoms with E-state index in [4.69, 9.17) is 0 Å².